The van der Waals surface area contributed by atoms with Crippen LogP contribution < -0.4 is 5.73 Å². The summed E-state index contributed by atoms with van der Waals surface area (Å²) in [5, 5.41) is 9.19. The van der Waals surface area contributed by atoms with Crippen molar-refractivity contribution in [3.8, 4) is 0 Å². The zero-order valence-electron chi connectivity index (χ0n) is 8.22. The highest BCUT2D eigenvalue weighted by Gasteiger charge is 2.33. The van der Waals surface area contributed by atoms with Crippen molar-refractivity contribution in [2.45, 2.75) is 30.6 Å². The van der Waals surface area contributed by atoms with E-state index in [0.29, 0.717) is 19.4 Å². The van der Waals surface area contributed by atoms with Crippen molar-refractivity contribution in [3.05, 3.63) is 0 Å². The van der Waals surface area contributed by atoms with E-state index in [1.54, 1.807) is 0 Å². The van der Waals surface area contributed by atoms with Crippen molar-refractivity contribution < 1.29 is 13.5 Å². The lowest BCUT2D eigenvalue weighted by Gasteiger charge is -2.31. The molecule has 0 amide bonds. The van der Waals surface area contributed by atoms with Gasteiger partial charge in [-0.15, -0.1) is 12.4 Å². The Balaban J connectivity index is 0.00000169. The van der Waals surface area contributed by atoms with Gasteiger partial charge in [0, 0.05) is 6.26 Å². The van der Waals surface area contributed by atoms with Crippen molar-refractivity contribution >= 4 is 22.2 Å². The van der Waals surface area contributed by atoms with Crippen molar-refractivity contribution in [2.24, 2.45) is 11.7 Å². The first-order valence-electron chi connectivity index (χ1n) is 4.52. The summed E-state index contributed by atoms with van der Waals surface area (Å²) in [6.07, 6.45) is 2.39. The molecule has 1 fully saturated rings. The summed E-state index contributed by atoms with van der Waals surface area (Å²) < 4.78 is 22.4. The second-order valence-corrected chi connectivity index (χ2v) is 6.15. The van der Waals surface area contributed by atoms with Crippen LogP contribution >= 0.6 is 12.4 Å². The monoisotopic (exact) mass is 243 g/mol. The fraction of sp³-hybridized carbons (Fsp3) is 1.00. The molecule has 2 unspecified atom stereocenters. The van der Waals surface area contributed by atoms with Crippen LogP contribution in [0.15, 0.2) is 0 Å². The number of rotatable bonds is 2. The Morgan fingerprint density at radius 1 is 1.43 bits per heavy atom. The summed E-state index contributed by atoms with van der Waals surface area (Å²) in [4.78, 5) is 0. The molecule has 14 heavy (non-hydrogen) atoms. The SMILES string of the molecule is CS(=O)(=O)[C@@H]1CCC(CN)C(O)C1.Cl. The number of nitrogens with two attached hydrogens (primary N) is 1. The van der Waals surface area contributed by atoms with E-state index in [4.69, 9.17) is 5.73 Å². The maximum Gasteiger partial charge on any atom is 0.150 e. The van der Waals surface area contributed by atoms with E-state index in [0.717, 1.165) is 6.42 Å². The zero-order valence-corrected chi connectivity index (χ0v) is 9.85. The lowest BCUT2D eigenvalue weighted by Crippen LogP contribution is -2.39. The molecule has 0 heterocycles. The average Bonchev–Trinajstić information content (AvgIpc) is 2.02. The quantitative estimate of drug-likeness (QED) is 0.712. The second-order valence-electron chi connectivity index (χ2n) is 3.83. The summed E-state index contributed by atoms with van der Waals surface area (Å²) >= 11 is 0. The number of aliphatic hydroxyl groups is 1. The normalized spacial score (nSPS) is 33.5. The summed E-state index contributed by atoms with van der Waals surface area (Å²) in [6.45, 7) is 0.442. The number of halogens is 1. The highest BCUT2D eigenvalue weighted by Crippen LogP contribution is 2.27. The third kappa shape index (κ3) is 3.38. The number of hydrogen-bond donors (Lipinski definition) is 2. The van der Waals surface area contributed by atoms with E-state index >= 15 is 0 Å². The van der Waals surface area contributed by atoms with Crippen LogP contribution in [0.1, 0.15) is 19.3 Å². The van der Waals surface area contributed by atoms with Gasteiger partial charge in [0.1, 0.15) is 9.84 Å². The van der Waals surface area contributed by atoms with E-state index in [1.165, 1.54) is 6.26 Å². The van der Waals surface area contributed by atoms with Crippen molar-refractivity contribution in [1.29, 1.82) is 0 Å². The van der Waals surface area contributed by atoms with Crippen molar-refractivity contribution in [3.63, 3.8) is 0 Å². The van der Waals surface area contributed by atoms with Gasteiger partial charge in [-0.3, -0.25) is 0 Å². The van der Waals surface area contributed by atoms with Crippen LogP contribution in [0.2, 0.25) is 0 Å². The molecule has 0 aromatic heterocycles. The van der Waals surface area contributed by atoms with Gasteiger partial charge in [-0.25, -0.2) is 8.42 Å². The summed E-state index contributed by atoms with van der Waals surface area (Å²) in [5.41, 5.74) is 5.44. The van der Waals surface area contributed by atoms with E-state index in [2.05, 4.69) is 0 Å². The molecule has 1 rings (SSSR count). The van der Waals surface area contributed by atoms with Gasteiger partial charge in [-0.1, -0.05) is 0 Å². The van der Waals surface area contributed by atoms with Crippen LogP contribution in [0, 0.1) is 5.92 Å². The Bertz CT molecular complexity index is 268. The predicted molar refractivity (Wildman–Crippen MR) is 58.3 cm³/mol. The predicted octanol–water partition coefficient (Wildman–Crippen LogP) is -0.0589. The molecule has 0 saturated heterocycles. The molecule has 0 radical (unpaired) electrons. The smallest absolute Gasteiger partial charge is 0.150 e. The fourth-order valence-corrected chi connectivity index (χ4v) is 2.95. The van der Waals surface area contributed by atoms with Gasteiger partial charge in [0.15, 0.2) is 0 Å². The number of aliphatic hydroxyl groups excluding tert-OH is 1. The highest BCUT2D eigenvalue weighted by molar-refractivity contribution is 7.91. The summed E-state index contributed by atoms with van der Waals surface area (Å²) in [5.74, 6) is 0.0815. The highest BCUT2D eigenvalue weighted by atomic mass is 35.5. The zero-order chi connectivity index (χ0) is 10.1. The molecule has 4 nitrogen and oxygen atoms in total. The topological polar surface area (TPSA) is 80.4 Å². The van der Waals surface area contributed by atoms with Crippen LogP contribution in [0.3, 0.4) is 0 Å². The fourth-order valence-electron chi connectivity index (χ4n) is 1.84. The third-order valence-electron chi connectivity index (χ3n) is 2.82. The Hall–Kier alpha value is 0.160. The molecule has 3 N–H and O–H groups in total. The van der Waals surface area contributed by atoms with Gasteiger partial charge in [0.05, 0.1) is 11.4 Å². The van der Waals surface area contributed by atoms with E-state index in [1.807, 2.05) is 0 Å². The standard InChI is InChI=1S/C8H17NO3S.ClH/c1-13(11,12)7-3-2-6(5-9)8(10)4-7;/h6-8,10H,2-5,9H2,1H3;1H/t6?,7-,8?;/m1./s1. The number of sulfone groups is 1. The molecule has 0 bridgehead atoms. The molecular formula is C8H18ClNO3S. The van der Waals surface area contributed by atoms with Gasteiger partial charge in [-0.2, -0.15) is 0 Å². The largest absolute Gasteiger partial charge is 0.393 e. The van der Waals surface area contributed by atoms with Crippen LogP contribution in [0.25, 0.3) is 0 Å². The molecule has 1 aliphatic rings. The molecule has 0 spiro atoms. The molecular weight excluding hydrogens is 226 g/mol. The summed E-state index contributed by atoms with van der Waals surface area (Å²) in [6, 6.07) is 0. The Morgan fingerprint density at radius 3 is 2.36 bits per heavy atom. The van der Waals surface area contributed by atoms with E-state index in [9.17, 15) is 13.5 Å². The van der Waals surface area contributed by atoms with Crippen LogP contribution in [0.5, 0.6) is 0 Å². The van der Waals surface area contributed by atoms with Gasteiger partial charge in [0.2, 0.25) is 0 Å². The average molecular weight is 244 g/mol. The van der Waals surface area contributed by atoms with Crippen LogP contribution in [-0.4, -0.2) is 37.7 Å². The lowest BCUT2D eigenvalue weighted by molar-refractivity contribution is 0.0757. The molecule has 1 saturated carbocycles. The Labute approximate surface area is 91.2 Å². The molecule has 0 aromatic rings. The van der Waals surface area contributed by atoms with Crippen molar-refractivity contribution in [1.82, 2.24) is 0 Å². The van der Waals surface area contributed by atoms with Crippen molar-refractivity contribution in [2.75, 3.05) is 12.8 Å². The molecule has 3 atom stereocenters. The van der Waals surface area contributed by atoms with E-state index in [-0.39, 0.29) is 23.6 Å². The minimum absolute atomic E-state index is 0. The first-order valence-corrected chi connectivity index (χ1v) is 6.47. The summed E-state index contributed by atoms with van der Waals surface area (Å²) in [7, 11) is -2.99. The van der Waals surface area contributed by atoms with Gasteiger partial charge < -0.3 is 10.8 Å². The molecule has 6 heteroatoms. The molecule has 86 valence electrons. The Morgan fingerprint density at radius 2 is 2.00 bits per heavy atom. The van der Waals surface area contributed by atoms with Crippen LogP contribution in [0.4, 0.5) is 0 Å². The third-order valence-corrected chi connectivity index (χ3v) is 4.46. The lowest BCUT2D eigenvalue weighted by atomic mass is 9.86. The molecule has 0 aromatic carbocycles. The maximum atomic E-state index is 11.2. The minimum atomic E-state index is -2.99. The first-order chi connectivity index (χ1) is 5.95. The number of hydrogen-bond acceptors (Lipinski definition) is 4. The first kappa shape index (κ1) is 14.2. The van der Waals surface area contributed by atoms with Gasteiger partial charge in [-0.05, 0) is 31.7 Å². The van der Waals surface area contributed by atoms with Gasteiger partial charge in [0.25, 0.3) is 0 Å². The molecule has 1 aliphatic carbocycles. The van der Waals surface area contributed by atoms with Crippen LogP contribution in [-0.2, 0) is 9.84 Å². The minimum Gasteiger partial charge on any atom is -0.393 e. The second kappa shape index (κ2) is 5.30. The maximum absolute atomic E-state index is 11.2. The van der Waals surface area contributed by atoms with E-state index < -0.39 is 15.9 Å². The Kier molecular flexibility index (Phi) is 5.36. The van der Waals surface area contributed by atoms with Gasteiger partial charge >= 0.3 is 0 Å². The molecule has 0 aliphatic heterocycles.